The monoisotopic (exact) mass is 292 g/mol. The number of hydrogen-bond acceptors (Lipinski definition) is 3. The van der Waals surface area contributed by atoms with Crippen LogP contribution in [0.15, 0.2) is 22.8 Å². The lowest BCUT2D eigenvalue weighted by Gasteiger charge is -2.08. The fourth-order valence-corrected chi connectivity index (χ4v) is 1.24. The molecule has 5 nitrogen and oxygen atoms in total. The molecule has 0 atom stereocenters. The van der Waals surface area contributed by atoms with Crippen molar-refractivity contribution in [2.75, 3.05) is 17.9 Å². The van der Waals surface area contributed by atoms with Crippen molar-refractivity contribution in [2.24, 2.45) is 0 Å². The number of halogens is 2. The molecule has 0 saturated heterocycles. The molecule has 15 heavy (non-hydrogen) atoms. The van der Waals surface area contributed by atoms with Gasteiger partial charge in [0, 0.05) is 12.4 Å². The summed E-state index contributed by atoms with van der Waals surface area (Å²) in [7, 11) is 0. The number of alkyl halides is 1. The number of hydrazine groups is 1. The Bertz CT molecular complexity index is 336. The molecule has 0 fully saturated rings. The van der Waals surface area contributed by atoms with Crippen molar-refractivity contribution in [1.29, 1.82) is 0 Å². The van der Waals surface area contributed by atoms with Gasteiger partial charge >= 0.3 is 6.03 Å². The molecule has 0 bridgehead atoms. The number of hydrogen-bond donors (Lipinski definition) is 3. The Kier molecular flexibility index (Phi) is 5.20. The standard InChI is InChI=1S/C8H10BrClN4O/c9-6-2-1-3-7(12-6)13-14-8(15)11-5-4-10/h1-3H,4-5H2,(H,12,13)(H2,11,14,15). The van der Waals surface area contributed by atoms with Crippen LogP contribution in [-0.2, 0) is 0 Å². The number of anilines is 1. The molecule has 0 aromatic carbocycles. The molecular weight excluding hydrogens is 283 g/mol. The van der Waals surface area contributed by atoms with E-state index in [0.29, 0.717) is 22.8 Å². The van der Waals surface area contributed by atoms with Crippen molar-refractivity contribution in [3.63, 3.8) is 0 Å². The van der Waals surface area contributed by atoms with Crippen molar-refractivity contribution in [2.45, 2.75) is 0 Å². The minimum Gasteiger partial charge on any atom is -0.336 e. The SMILES string of the molecule is O=C(NCCCl)NNc1cccc(Br)n1. The van der Waals surface area contributed by atoms with Gasteiger partial charge in [-0.1, -0.05) is 6.07 Å². The van der Waals surface area contributed by atoms with E-state index in [2.05, 4.69) is 37.1 Å². The highest BCUT2D eigenvalue weighted by Crippen LogP contribution is 2.08. The molecular formula is C8H10BrClN4O. The minimum absolute atomic E-state index is 0.350. The van der Waals surface area contributed by atoms with Crippen LogP contribution in [0.3, 0.4) is 0 Å². The van der Waals surface area contributed by atoms with E-state index < -0.39 is 0 Å². The summed E-state index contributed by atoms with van der Waals surface area (Å²) in [6, 6.07) is 4.97. The van der Waals surface area contributed by atoms with Gasteiger partial charge in [0.1, 0.15) is 10.4 Å². The third-order valence-electron chi connectivity index (χ3n) is 1.40. The molecule has 82 valence electrons. The van der Waals surface area contributed by atoms with E-state index in [4.69, 9.17) is 11.6 Å². The molecule has 0 aliphatic heterocycles. The van der Waals surface area contributed by atoms with Crippen LogP contribution in [0.5, 0.6) is 0 Å². The first-order chi connectivity index (χ1) is 7.22. The van der Waals surface area contributed by atoms with Gasteiger partial charge in [-0.25, -0.2) is 9.78 Å². The van der Waals surface area contributed by atoms with E-state index in [-0.39, 0.29) is 6.03 Å². The Morgan fingerprint density at radius 2 is 2.33 bits per heavy atom. The molecule has 0 saturated carbocycles. The van der Waals surface area contributed by atoms with Crippen LogP contribution >= 0.6 is 27.5 Å². The molecule has 3 N–H and O–H groups in total. The average Bonchev–Trinajstić information content (AvgIpc) is 2.23. The van der Waals surface area contributed by atoms with E-state index in [9.17, 15) is 4.79 Å². The van der Waals surface area contributed by atoms with Crippen LogP contribution in [0.2, 0.25) is 0 Å². The summed E-state index contributed by atoms with van der Waals surface area (Å²) in [6.45, 7) is 0.418. The van der Waals surface area contributed by atoms with Crippen LogP contribution in [0.4, 0.5) is 10.6 Å². The first-order valence-corrected chi connectivity index (χ1v) is 5.53. The summed E-state index contributed by atoms with van der Waals surface area (Å²) < 4.78 is 0.690. The average molecular weight is 294 g/mol. The molecule has 0 spiro atoms. The summed E-state index contributed by atoms with van der Waals surface area (Å²) in [4.78, 5) is 15.1. The van der Waals surface area contributed by atoms with Crippen LogP contribution in [0.25, 0.3) is 0 Å². The van der Waals surface area contributed by atoms with Gasteiger partial charge in [0.15, 0.2) is 0 Å². The van der Waals surface area contributed by atoms with Crippen molar-refractivity contribution < 1.29 is 4.79 Å². The highest BCUT2D eigenvalue weighted by Gasteiger charge is 1.98. The molecule has 1 aromatic rings. The van der Waals surface area contributed by atoms with Crippen molar-refractivity contribution >= 4 is 39.4 Å². The Hall–Kier alpha value is -1.01. The number of pyridine rings is 1. The lowest BCUT2D eigenvalue weighted by atomic mass is 10.5. The van der Waals surface area contributed by atoms with E-state index in [1.165, 1.54) is 0 Å². The van der Waals surface area contributed by atoms with E-state index >= 15 is 0 Å². The van der Waals surface area contributed by atoms with Crippen molar-refractivity contribution in [3.8, 4) is 0 Å². The number of aromatic nitrogens is 1. The Morgan fingerprint density at radius 1 is 1.53 bits per heavy atom. The molecule has 7 heteroatoms. The fourth-order valence-electron chi connectivity index (χ4n) is 0.804. The number of nitrogens with zero attached hydrogens (tertiary/aromatic N) is 1. The molecule has 0 radical (unpaired) electrons. The normalized spacial score (nSPS) is 9.47. The van der Waals surface area contributed by atoms with Gasteiger partial charge in [-0.2, -0.15) is 0 Å². The zero-order chi connectivity index (χ0) is 11.1. The number of urea groups is 1. The van der Waals surface area contributed by atoms with Crippen molar-refractivity contribution in [1.82, 2.24) is 15.7 Å². The molecule has 1 aromatic heterocycles. The van der Waals surface area contributed by atoms with Crippen LogP contribution in [0.1, 0.15) is 0 Å². The zero-order valence-corrected chi connectivity index (χ0v) is 10.1. The smallest absolute Gasteiger partial charge is 0.333 e. The van der Waals surface area contributed by atoms with Gasteiger partial charge in [0.2, 0.25) is 0 Å². The van der Waals surface area contributed by atoms with Gasteiger partial charge in [-0.15, -0.1) is 11.6 Å². The van der Waals surface area contributed by atoms with E-state index in [1.807, 2.05) is 0 Å². The molecule has 0 aliphatic carbocycles. The molecule has 0 unspecified atom stereocenters. The highest BCUT2D eigenvalue weighted by molar-refractivity contribution is 9.10. The third-order valence-corrected chi connectivity index (χ3v) is 2.03. The number of carbonyl (C=O) groups excluding carboxylic acids is 1. The Labute approximate surface area is 101 Å². The summed E-state index contributed by atoms with van der Waals surface area (Å²) in [5.41, 5.74) is 5.07. The topological polar surface area (TPSA) is 66.1 Å². The number of carbonyl (C=O) groups is 1. The van der Waals surface area contributed by atoms with Gasteiger partial charge in [-0.05, 0) is 28.1 Å². The Morgan fingerprint density at radius 3 is 3.00 bits per heavy atom. The van der Waals surface area contributed by atoms with E-state index in [1.54, 1.807) is 18.2 Å². The first kappa shape index (κ1) is 12.1. The first-order valence-electron chi connectivity index (χ1n) is 4.21. The second kappa shape index (κ2) is 6.47. The minimum atomic E-state index is -0.350. The maximum atomic E-state index is 11.1. The van der Waals surface area contributed by atoms with Gasteiger partial charge in [-0.3, -0.25) is 10.9 Å². The van der Waals surface area contributed by atoms with Crippen molar-refractivity contribution in [3.05, 3.63) is 22.8 Å². The van der Waals surface area contributed by atoms with Crippen LogP contribution in [-0.4, -0.2) is 23.4 Å². The highest BCUT2D eigenvalue weighted by atomic mass is 79.9. The number of rotatable bonds is 4. The largest absolute Gasteiger partial charge is 0.336 e. The number of nitrogens with one attached hydrogen (secondary N) is 3. The summed E-state index contributed by atoms with van der Waals surface area (Å²) in [5.74, 6) is 0.924. The lowest BCUT2D eigenvalue weighted by Crippen LogP contribution is -2.39. The second-order valence-electron chi connectivity index (χ2n) is 2.54. The molecule has 1 rings (SSSR count). The maximum absolute atomic E-state index is 11.1. The lowest BCUT2D eigenvalue weighted by molar-refractivity contribution is 0.243. The summed E-state index contributed by atoms with van der Waals surface area (Å²) in [5, 5.41) is 2.53. The Balaban J connectivity index is 2.33. The predicted molar refractivity (Wildman–Crippen MR) is 62.8 cm³/mol. The van der Waals surface area contributed by atoms with Gasteiger partial charge in [0.25, 0.3) is 0 Å². The van der Waals surface area contributed by atoms with E-state index in [0.717, 1.165) is 0 Å². The predicted octanol–water partition coefficient (Wildman–Crippen LogP) is 1.71. The van der Waals surface area contributed by atoms with Crippen LogP contribution < -0.4 is 16.2 Å². The number of amides is 2. The quantitative estimate of drug-likeness (QED) is 0.450. The summed E-state index contributed by atoms with van der Waals surface area (Å²) >= 11 is 8.62. The third kappa shape index (κ3) is 4.85. The molecule has 0 aliphatic rings. The molecule has 2 amide bonds. The summed E-state index contributed by atoms with van der Waals surface area (Å²) in [6.07, 6.45) is 0. The zero-order valence-electron chi connectivity index (χ0n) is 7.76. The maximum Gasteiger partial charge on any atom is 0.333 e. The van der Waals surface area contributed by atoms with Gasteiger partial charge < -0.3 is 5.32 Å². The fraction of sp³-hybridized carbons (Fsp3) is 0.250. The van der Waals surface area contributed by atoms with Crippen LogP contribution in [0, 0.1) is 0 Å². The molecule has 1 heterocycles. The second-order valence-corrected chi connectivity index (χ2v) is 3.73. The van der Waals surface area contributed by atoms with Gasteiger partial charge in [0.05, 0.1) is 0 Å².